The lowest BCUT2D eigenvalue weighted by Crippen LogP contribution is -2.28. The number of rotatable bonds is 5. The number of carbonyl (C=O) groups is 5. The predicted octanol–water partition coefficient (Wildman–Crippen LogP) is 5.70. The second kappa shape index (κ2) is 12.0. The molecule has 0 unspecified atom stereocenters. The van der Waals surface area contributed by atoms with Gasteiger partial charge in [-0.2, -0.15) is 0 Å². The monoisotopic (exact) mass is 568 g/mol. The van der Waals surface area contributed by atoms with Crippen molar-refractivity contribution in [3.63, 3.8) is 0 Å². The van der Waals surface area contributed by atoms with Crippen LogP contribution in [-0.2, 0) is 19.0 Å². The summed E-state index contributed by atoms with van der Waals surface area (Å²) in [6.07, 6.45) is 0. The summed E-state index contributed by atoms with van der Waals surface area (Å²) in [5.41, 5.74) is 5.28. The van der Waals surface area contributed by atoms with Crippen LogP contribution in [-0.4, -0.2) is 57.2 Å². The summed E-state index contributed by atoms with van der Waals surface area (Å²) >= 11 is 0. The van der Waals surface area contributed by atoms with Crippen LogP contribution in [0.15, 0.2) is 48.5 Å². The molecule has 4 aromatic rings. The van der Waals surface area contributed by atoms with Crippen molar-refractivity contribution in [3.8, 4) is 0 Å². The number of methoxy groups -OCH3 is 3. The molecule has 42 heavy (non-hydrogen) atoms. The van der Waals surface area contributed by atoms with E-state index in [0.29, 0.717) is 11.1 Å². The summed E-state index contributed by atoms with van der Waals surface area (Å²) in [4.78, 5) is 60.7. The first-order valence-corrected chi connectivity index (χ1v) is 13.3. The Kier molecular flexibility index (Phi) is 8.68. The largest absolute Gasteiger partial charge is 0.465 e. The number of esters is 2. The lowest BCUT2D eigenvalue weighted by Gasteiger charge is -2.11. The predicted molar refractivity (Wildman–Crippen MR) is 159 cm³/mol. The fourth-order valence-electron chi connectivity index (χ4n) is 5.28. The van der Waals surface area contributed by atoms with Gasteiger partial charge in [-0.3, -0.25) is 14.4 Å². The van der Waals surface area contributed by atoms with E-state index in [4.69, 9.17) is 14.2 Å². The molecule has 0 saturated heterocycles. The SMILES string of the molecule is COC(=O)c1cc2c(C)ccc(C)c2cc1C(=O)OC.COCC(=O)C1C(=O)c2cc3c(C)ccc(C)c3cc2C1=O. The molecule has 0 fully saturated rings. The number of fused-ring (bicyclic) bond motifs is 3. The van der Waals surface area contributed by atoms with Gasteiger partial charge >= 0.3 is 11.9 Å². The molecule has 0 atom stereocenters. The van der Waals surface area contributed by atoms with E-state index in [0.717, 1.165) is 43.8 Å². The van der Waals surface area contributed by atoms with Gasteiger partial charge in [0.15, 0.2) is 17.3 Å². The zero-order valence-electron chi connectivity index (χ0n) is 24.7. The summed E-state index contributed by atoms with van der Waals surface area (Å²) in [5.74, 6) is -3.64. The third kappa shape index (κ3) is 5.33. The number of hydrogen-bond acceptors (Lipinski definition) is 8. The lowest BCUT2D eigenvalue weighted by atomic mass is 9.95. The van der Waals surface area contributed by atoms with Gasteiger partial charge in [-0.1, -0.05) is 24.3 Å². The Bertz CT molecular complexity index is 1680. The molecule has 216 valence electrons. The first-order chi connectivity index (χ1) is 19.9. The minimum absolute atomic E-state index is 0.223. The topological polar surface area (TPSA) is 113 Å². The van der Waals surface area contributed by atoms with Gasteiger partial charge in [-0.15, -0.1) is 0 Å². The lowest BCUT2D eigenvalue weighted by molar-refractivity contribution is -0.123. The molecule has 4 aromatic carbocycles. The van der Waals surface area contributed by atoms with Crippen molar-refractivity contribution in [3.05, 3.63) is 93.0 Å². The van der Waals surface area contributed by atoms with Crippen molar-refractivity contribution < 1.29 is 38.2 Å². The van der Waals surface area contributed by atoms with Crippen LogP contribution in [0.1, 0.15) is 63.7 Å². The van der Waals surface area contributed by atoms with Crippen LogP contribution in [0.4, 0.5) is 0 Å². The third-order valence-electron chi connectivity index (χ3n) is 7.66. The van der Waals surface area contributed by atoms with Crippen LogP contribution in [0, 0.1) is 33.6 Å². The third-order valence-corrected chi connectivity index (χ3v) is 7.66. The van der Waals surface area contributed by atoms with E-state index in [2.05, 4.69) is 0 Å². The highest BCUT2D eigenvalue weighted by atomic mass is 16.5. The summed E-state index contributed by atoms with van der Waals surface area (Å²) in [6.45, 7) is 7.61. The average molecular weight is 569 g/mol. The van der Waals surface area contributed by atoms with E-state index >= 15 is 0 Å². The van der Waals surface area contributed by atoms with Crippen molar-refractivity contribution in [2.75, 3.05) is 27.9 Å². The summed E-state index contributed by atoms with van der Waals surface area (Å²) in [5, 5.41) is 3.75. The van der Waals surface area contributed by atoms with Crippen LogP contribution in [0.5, 0.6) is 0 Å². The molecule has 0 bridgehead atoms. The van der Waals surface area contributed by atoms with Gasteiger partial charge in [0.05, 0.1) is 25.3 Å². The number of Topliss-reactive ketones (excluding diaryl/α,β-unsaturated/α-hetero) is 3. The molecule has 0 amide bonds. The van der Waals surface area contributed by atoms with Crippen LogP contribution < -0.4 is 0 Å². The van der Waals surface area contributed by atoms with Crippen LogP contribution >= 0.6 is 0 Å². The second-order valence-electron chi connectivity index (χ2n) is 10.3. The van der Waals surface area contributed by atoms with Crippen LogP contribution in [0.25, 0.3) is 21.5 Å². The van der Waals surface area contributed by atoms with E-state index in [1.54, 1.807) is 24.3 Å². The Morgan fingerprint density at radius 2 is 0.929 bits per heavy atom. The molecule has 1 aliphatic rings. The number of aryl methyl sites for hydroxylation is 4. The van der Waals surface area contributed by atoms with E-state index in [1.165, 1.54) is 21.3 Å². The number of hydrogen-bond donors (Lipinski definition) is 0. The number of benzene rings is 4. The Hall–Kier alpha value is -4.69. The van der Waals surface area contributed by atoms with Gasteiger partial charge in [0.1, 0.15) is 12.5 Å². The van der Waals surface area contributed by atoms with Gasteiger partial charge in [0.25, 0.3) is 0 Å². The molecule has 0 saturated carbocycles. The minimum atomic E-state index is -1.24. The molecule has 1 aliphatic carbocycles. The maximum atomic E-state index is 12.5. The molecule has 0 radical (unpaired) electrons. The fourth-order valence-corrected chi connectivity index (χ4v) is 5.28. The molecular weight excluding hydrogens is 536 g/mol. The first-order valence-electron chi connectivity index (χ1n) is 13.3. The number of carbonyl (C=O) groups excluding carboxylic acids is 5. The van der Waals surface area contributed by atoms with Gasteiger partial charge in [0, 0.05) is 18.2 Å². The van der Waals surface area contributed by atoms with E-state index in [-0.39, 0.29) is 17.7 Å². The molecule has 0 N–H and O–H groups in total. The van der Waals surface area contributed by atoms with Gasteiger partial charge in [-0.25, -0.2) is 9.59 Å². The molecule has 8 heteroatoms. The quantitative estimate of drug-likeness (QED) is 0.223. The maximum absolute atomic E-state index is 12.5. The molecule has 0 spiro atoms. The molecule has 5 rings (SSSR count). The van der Waals surface area contributed by atoms with Crippen molar-refractivity contribution >= 4 is 50.8 Å². The average Bonchev–Trinajstić information content (AvgIpc) is 3.23. The number of ether oxygens (including phenoxy) is 3. The van der Waals surface area contributed by atoms with Gasteiger partial charge < -0.3 is 14.2 Å². The fraction of sp³-hybridized carbons (Fsp3) is 0.265. The Morgan fingerprint density at radius 1 is 0.595 bits per heavy atom. The van der Waals surface area contributed by atoms with Crippen molar-refractivity contribution in [1.29, 1.82) is 0 Å². The molecule has 0 aliphatic heterocycles. The maximum Gasteiger partial charge on any atom is 0.338 e. The standard InChI is InChI=1S/C18H16O4.C16H16O4/c1-9-4-5-10(2)12-7-14-13(6-11(9)12)17(20)16(18(14)21)15(19)8-22-3;1-9-5-6-10(2)12-8-14(16(18)20-4)13(7-11(9)12)15(17)19-3/h4-7,16H,8H2,1-3H3;5-8H,1-4H3. The van der Waals surface area contributed by atoms with Crippen LogP contribution in [0.2, 0.25) is 0 Å². The van der Waals surface area contributed by atoms with E-state index < -0.39 is 35.2 Å². The van der Waals surface area contributed by atoms with Crippen molar-refractivity contribution in [2.24, 2.45) is 5.92 Å². The second-order valence-corrected chi connectivity index (χ2v) is 10.3. The Labute approximate surface area is 243 Å². The zero-order valence-corrected chi connectivity index (χ0v) is 24.7. The highest BCUT2D eigenvalue weighted by Gasteiger charge is 2.43. The van der Waals surface area contributed by atoms with Crippen molar-refractivity contribution in [1.82, 2.24) is 0 Å². The molecule has 0 heterocycles. The Morgan fingerprint density at radius 3 is 1.24 bits per heavy atom. The van der Waals surface area contributed by atoms with Crippen LogP contribution in [0.3, 0.4) is 0 Å². The molecule has 0 aromatic heterocycles. The molecular formula is C34H32O8. The number of ketones is 3. The van der Waals surface area contributed by atoms with E-state index in [9.17, 15) is 24.0 Å². The molecule has 8 nitrogen and oxygen atoms in total. The highest BCUT2D eigenvalue weighted by molar-refractivity contribution is 6.36. The summed E-state index contributed by atoms with van der Waals surface area (Å²) in [6, 6.07) is 14.8. The minimum Gasteiger partial charge on any atom is -0.465 e. The van der Waals surface area contributed by atoms with E-state index in [1.807, 2.05) is 52.0 Å². The summed E-state index contributed by atoms with van der Waals surface area (Å²) < 4.78 is 14.3. The van der Waals surface area contributed by atoms with Crippen molar-refractivity contribution in [2.45, 2.75) is 27.7 Å². The van der Waals surface area contributed by atoms with Gasteiger partial charge in [-0.05, 0) is 95.8 Å². The smallest absolute Gasteiger partial charge is 0.338 e. The highest BCUT2D eigenvalue weighted by Crippen LogP contribution is 2.34. The van der Waals surface area contributed by atoms with Gasteiger partial charge in [0.2, 0.25) is 0 Å². The Balaban J connectivity index is 0.000000194. The first kappa shape index (κ1) is 30.3. The normalized spacial score (nSPS) is 12.6. The summed E-state index contributed by atoms with van der Waals surface area (Å²) in [7, 11) is 3.95. The zero-order chi connectivity index (χ0) is 30.9.